The first-order valence-corrected chi connectivity index (χ1v) is 8.39. The summed E-state index contributed by atoms with van der Waals surface area (Å²) in [6.45, 7) is 0. The Morgan fingerprint density at radius 1 is 0.857 bits per heavy atom. The predicted molar refractivity (Wildman–Crippen MR) is 106 cm³/mol. The number of hydrazone groups is 1. The zero-order valence-electron chi connectivity index (χ0n) is 14.7. The van der Waals surface area contributed by atoms with Crippen LogP contribution in [0.2, 0.25) is 0 Å². The second-order valence-corrected chi connectivity index (χ2v) is 5.91. The molecule has 0 heterocycles. The van der Waals surface area contributed by atoms with Gasteiger partial charge in [-0.25, -0.2) is 0 Å². The van der Waals surface area contributed by atoms with Crippen molar-refractivity contribution < 1.29 is 9.85 Å². The molecular weight excluding hydrogens is 360 g/mol. The molecule has 8 nitrogen and oxygen atoms in total. The molecule has 3 rings (SSSR count). The minimum absolute atomic E-state index is 0.0806. The van der Waals surface area contributed by atoms with E-state index in [4.69, 9.17) is 0 Å². The zero-order valence-corrected chi connectivity index (χ0v) is 14.7. The quantitative estimate of drug-likeness (QED) is 0.369. The molecule has 0 unspecified atom stereocenters. The van der Waals surface area contributed by atoms with Crippen LogP contribution in [0.5, 0.6) is 0 Å². The van der Waals surface area contributed by atoms with Gasteiger partial charge in [0.1, 0.15) is 5.69 Å². The fourth-order valence-electron chi connectivity index (χ4n) is 2.63. The zero-order chi connectivity index (χ0) is 19.9. The van der Waals surface area contributed by atoms with Crippen molar-refractivity contribution in [2.75, 3.05) is 5.43 Å². The fraction of sp³-hybridized carbons (Fsp3) is 0.0500. The van der Waals surface area contributed by atoms with Crippen molar-refractivity contribution in [3.63, 3.8) is 0 Å². The molecule has 8 heteroatoms. The highest BCUT2D eigenvalue weighted by Crippen LogP contribution is 2.29. The highest BCUT2D eigenvalue weighted by molar-refractivity contribution is 6.02. The van der Waals surface area contributed by atoms with Crippen LogP contribution < -0.4 is 5.43 Å². The Kier molecular flexibility index (Phi) is 5.71. The molecule has 0 amide bonds. The molecule has 3 aromatic rings. The second kappa shape index (κ2) is 8.54. The Morgan fingerprint density at radius 2 is 1.50 bits per heavy atom. The number of nitro groups is 2. The number of hydrogen-bond donors (Lipinski definition) is 1. The number of nitro benzene ring substituents is 2. The first kappa shape index (κ1) is 18.7. The molecule has 0 fully saturated rings. The van der Waals surface area contributed by atoms with Gasteiger partial charge in [0, 0.05) is 12.5 Å². The van der Waals surface area contributed by atoms with Crippen LogP contribution in [0.3, 0.4) is 0 Å². The van der Waals surface area contributed by atoms with E-state index in [1.807, 2.05) is 60.7 Å². The van der Waals surface area contributed by atoms with Gasteiger partial charge in [0.15, 0.2) is 0 Å². The van der Waals surface area contributed by atoms with Gasteiger partial charge in [0.25, 0.3) is 5.69 Å². The molecule has 1 N–H and O–H groups in total. The third kappa shape index (κ3) is 4.55. The third-order valence-electron chi connectivity index (χ3n) is 4.02. The molecule has 140 valence electrons. The number of rotatable bonds is 7. The Morgan fingerprint density at radius 3 is 2.11 bits per heavy atom. The standard InChI is InChI=1S/C20H16N4O4/c25-23(26)17-11-12-18(20(14-17)24(27)28)21-22-19(16-9-5-2-6-10-16)13-15-7-3-1-4-8-15/h1-12,14,21H,13H2/b22-19+. The van der Waals surface area contributed by atoms with Gasteiger partial charge < -0.3 is 0 Å². The van der Waals surface area contributed by atoms with Crippen molar-refractivity contribution in [1.82, 2.24) is 0 Å². The average Bonchev–Trinajstić information content (AvgIpc) is 2.72. The van der Waals surface area contributed by atoms with Gasteiger partial charge in [-0.3, -0.25) is 25.7 Å². The maximum atomic E-state index is 11.3. The molecule has 0 aliphatic rings. The minimum atomic E-state index is -0.676. The van der Waals surface area contributed by atoms with Crippen molar-refractivity contribution in [1.29, 1.82) is 0 Å². The molecule has 0 aliphatic carbocycles. The largest absolute Gasteiger partial charge is 0.301 e. The Bertz CT molecular complexity index is 1020. The summed E-state index contributed by atoms with van der Waals surface area (Å²) in [6, 6.07) is 22.5. The van der Waals surface area contributed by atoms with Crippen LogP contribution >= 0.6 is 0 Å². The van der Waals surface area contributed by atoms with Gasteiger partial charge in [-0.15, -0.1) is 0 Å². The van der Waals surface area contributed by atoms with Gasteiger partial charge in [-0.2, -0.15) is 5.10 Å². The number of nitrogens with one attached hydrogen (secondary N) is 1. The maximum Gasteiger partial charge on any atom is 0.301 e. The molecule has 28 heavy (non-hydrogen) atoms. The molecule has 0 atom stereocenters. The molecule has 0 spiro atoms. The van der Waals surface area contributed by atoms with Gasteiger partial charge in [0.05, 0.1) is 21.6 Å². The van der Waals surface area contributed by atoms with E-state index in [2.05, 4.69) is 10.5 Å². The smallest absolute Gasteiger partial charge is 0.271 e. The van der Waals surface area contributed by atoms with E-state index in [1.165, 1.54) is 12.1 Å². The lowest BCUT2D eigenvalue weighted by atomic mass is 10.0. The van der Waals surface area contributed by atoms with Crippen molar-refractivity contribution >= 4 is 22.8 Å². The summed E-state index contributed by atoms with van der Waals surface area (Å²) in [7, 11) is 0. The van der Waals surface area contributed by atoms with Crippen LogP contribution in [0.15, 0.2) is 84.0 Å². The summed E-state index contributed by atoms with van der Waals surface area (Å²) < 4.78 is 0. The van der Waals surface area contributed by atoms with Crippen molar-refractivity contribution in [2.45, 2.75) is 6.42 Å². The van der Waals surface area contributed by atoms with E-state index < -0.39 is 15.5 Å². The summed E-state index contributed by atoms with van der Waals surface area (Å²) in [5, 5.41) is 26.5. The van der Waals surface area contributed by atoms with Crippen LogP contribution in [-0.4, -0.2) is 15.6 Å². The van der Waals surface area contributed by atoms with E-state index >= 15 is 0 Å². The van der Waals surface area contributed by atoms with Gasteiger partial charge >= 0.3 is 5.69 Å². The monoisotopic (exact) mass is 376 g/mol. The summed E-state index contributed by atoms with van der Waals surface area (Å²) in [4.78, 5) is 20.8. The molecule has 0 saturated carbocycles. The Labute approximate surface area is 160 Å². The van der Waals surface area contributed by atoms with Crippen LogP contribution in [0.1, 0.15) is 11.1 Å². The molecule has 3 aromatic carbocycles. The van der Waals surface area contributed by atoms with E-state index in [-0.39, 0.29) is 11.4 Å². The fourth-order valence-corrected chi connectivity index (χ4v) is 2.63. The van der Waals surface area contributed by atoms with E-state index in [0.29, 0.717) is 12.1 Å². The predicted octanol–water partition coefficient (Wildman–Crippen LogP) is 4.56. The van der Waals surface area contributed by atoms with E-state index in [1.54, 1.807) is 0 Å². The summed E-state index contributed by atoms with van der Waals surface area (Å²) >= 11 is 0. The summed E-state index contributed by atoms with van der Waals surface area (Å²) in [6.07, 6.45) is 0.513. The lowest BCUT2D eigenvalue weighted by molar-refractivity contribution is -0.393. The number of anilines is 1. The number of nitrogens with zero attached hydrogens (tertiary/aromatic N) is 3. The lowest BCUT2D eigenvalue weighted by Gasteiger charge is -2.09. The second-order valence-electron chi connectivity index (χ2n) is 5.91. The number of hydrogen-bond acceptors (Lipinski definition) is 6. The topological polar surface area (TPSA) is 111 Å². The highest BCUT2D eigenvalue weighted by atomic mass is 16.6. The van der Waals surface area contributed by atoms with E-state index in [0.717, 1.165) is 17.2 Å². The van der Waals surface area contributed by atoms with Crippen LogP contribution in [0.25, 0.3) is 0 Å². The third-order valence-corrected chi connectivity index (χ3v) is 4.02. The summed E-state index contributed by atoms with van der Waals surface area (Å²) in [5.74, 6) is 0. The first-order chi connectivity index (χ1) is 13.5. The summed E-state index contributed by atoms with van der Waals surface area (Å²) in [5.41, 5.74) is 4.60. The Hall–Kier alpha value is -4.07. The van der Waals surface area contributed by atoms with Gasteiger partial charge in [-0.1, -0.05) is 60.7 Å². The highest BCUT2D eigenvalue weighted by Gasteiger charge is 2.19. The van der Waals surface area contributed by atoms with Crippen molar-refractivity contribution in [3.8, 4) is 0 Å². The maximum absolute atomic E-state index is 11.3. The van der Waals surface area contributed by atoms with E-state index in [9.17, 15) is 20.2 Å². The SMILES string of the molecule is O=[N+]([O-])c1ccc(N/N=C(\Cc2ccccc2)c2ccccc2)c([N+](=O)[O-])c1. The molecule has 0 aromatic heterocycles. The normalized spacial score (nSPS) is 11.1. The van der Waals surface area contributed by atoms with Crippen LogP contribution in [-0.2, 0) is 6.42 Å². The van der Waals surface area contributed by atoms with Gasteiger partial charge in [-0.05, 0) is 17.2 Å². The first-order valence-electron chi connectivity index (χ1n) is 8.39. The van der Waals surface area contributed by atoms with Crippen molar-refractivity contribution in [3.05, 3.63) is 110 Å². The molecular formula is C20H16N4O4. The molecule has 0 aliphatic heterocycles. The Balaban J connectivity index is 1.95. The molecule has 0 radical (unpaired) electrons. The van der Waals surface area contributed by atoms with Crippen molar-refractivity contribution in [2.24, 2.45) is 5.10 Å². The molecule has 0 saturated heterocycles. The average molecular weight is 376 g/mol. The molecule has 0 bridgehead atoms. The van der Waals surface area contributed by atoms with Crippen LogP contribution in [0.4, 0.5) is 17.1 Å². The van der Waals surface area contributed by atoms with Crippen LogP contribution in [0, 0.1) is 20.2 Å². The number of benzene rings is 3. The number of non-ortho nitro benzene ring substituents is 1. The lowest BCUT2D eigenvalue weighted by Crippen LogP contribution is -2.09. The minimum Gasteiger partial charge on any atom is -0.271 e. The van der Waals surface area contributed by atoms with Gasteiger partial charge in [0.2, 0.25) is 0 Å².